The quantitative estimate of drug-likeness (QED) is 0.0548. The largest absolute Gasteiger partial charge is 0.507 e. The highest BCUT2D eigenvalue weighted by Gasteiger charge is 2.44. The Kier molecular flexibility index (Phi) is 16.5. The normalized spacial score (nSPS) is 16.8. The number of nitrogens with zero attached hydrogens (tertiary/aromatic N) is 3. The van der Waals surface area contributed by atoms with E-state index in [4.69, 9.17) is 0 Å². The van der Waals surface area contributed by atoms with Gasteiger partial charge in [0.2, 0.25) is 0 Å². The van der Waals surface area contributed by atoms with Crippen molar-refractivity contribution in [1.82, 2.24) is 0 Å². The highest BCUT2D eigenvalue weighted by atomic mass is 16.4. The lowest BCUT2D eigenvalue weighted by Gasteiger charge is -2.32. The fourth-order valence-corrected chi connectivity index (χ4v) is 10.5. The summed E-state index contributed by atoms with van der Waals surface area (Å²) in [6.45, 7) is 23.3. The van der Waals surface area contributed by atoms with Gasteiger partial charge in [0, 0.05) is 77.3 Å². The minimum atomic E-state index is -0.880. The van der Waals surface area contributed by atoms with Gasteiger partial charge in [-0.1, -0.05) is 185 Å². The molecule has 74 heavy (non-hydrogen) atoms. The number of carboxylic acid groups (broad SMARTS) is 2. The van der Waals surface area contributed by atoms with Gasteiger partial charge < -0.3 is 30.0 Å². The molecule has 0 amide bonds. The van der Waals surface area contributed by atoms with Crippen molar-refractivity contribution in [2.45, 2.75) is 129 Å². The number of aromatic hydroxyl groups is 1. The Hall–Kier alpha value is -7.39. The second-order valence-corrected chi connectivity index (χ2v) is 23.0. The number of carboxylic acids is 2. The van der Waals surface area contributed by atoms with Gasteiger partial charge in [-0.15, -0.1) is 0 Å². The van der Waals surface area contributed by atoms with Crippen molar-refractivity contribution in [2.75, 3.05) is 27.8 Å². The Balaban J connectivity index is 1.11. The van der Waals surface area contributed by atoms with Crippen LogP contribution in [0.25, 0.3) is 6.08 Å². The summed E-state index contributed by atoms with van der Waals surface area (Å²) in [7, 11) is 0. The van der Waals surface area contributed by atoms with Crippen LogP contribution in [0.5, 0.6) is 5.75 Å². The minimum absolute atomic E-state index is 0.0333. The molecular weight excluding hydrogens is 919 g/mol. The molecule has 0 spiro atoms. The van der Waals surface area contributed by atoms with Crippen molar-refractivity contribution < 1.29 is 29.7 Å². The second-order valence-electron chi connectivity index (χ2n) is 23.0. The van der Waals surface area contributed by atoms with E-state index in [0.29, 0.717) is 31.9 Å². The number of hydrogen-bond acceptors (Lipinski definition) is 7. The molecule has 0 saturated heterocycles. The van der Waals surface area contributed by atoms with Crippen LogP contribution in [-0.2, 0) is 55.6 Å². The predicted octanol–water partition coefficient (Wildman–Crippen LogP) is 13.8. The first-order valence-electron chi connectivity index (χ1n) is 25.8. The van der Waals surface area contributed by atoms with E-state index in [1.165, 1.54) is 11.1 Å². The van der Waals surface area contributed by atoms with Crippen molar-refractivity contribution in [2.24, 2.45) is 0 Å². The molecule has 386 valence electrons. The highest BCUT2D eigenvalue weighted by molar-refractivity contribution is 5.92. The topological polar surface area (TPSA) is 122 Å². The number of rotatable bonds is 19. The molecular formula is C65H75N3O6. The van der Waals surface area contributed by atoms with Gasteiger partial charge in [-0.2, -0.15) is 0 Å². The Morgan fingerprint density at radius 1 is 0.635 bits per heavy atom. The molecule has 1 atom stereocenters. The van der Waals surface area contributed by atoms with Gasteiger partial charge in [-0.25, -0.2) is 0 Å². The van der Waals surface area contributed by atoms with Gasteiger partial charge in [-0.05, 0) is 92.8 Å². The molecule has 2 heterocycles. The van der Waals surface area contributed by atoms with Crippen molar-refractivity contribution >= 4 is 40.9 Å². The number of benzene rings is 5. The van der Waals surface area contributed by atoms with Crippen LogP contribution in [0.2, 0.25) is 0 Å². The number of phenols is 1. The average molecular weight is 994 g/mol. The fraction of sp³-hybridized carbons (Fsp3) is 0.338. The molecule has 5 aromatic rings. The monoisotopic (exact) mass is 994 g/mol. The van der Waals surface area contributed by atoms with Crippen LogP contribution in [0.3, 0.4) is 0 Å². The molecule has 0 fully saturated rings. The molecule has 9 heteroatoms. The maximum absolute atomic E-state index is 13.3. The van der Waals surface area contributed by atoms with E-state index in [1.54, 1.807) is 12.2 Å². The number of aliphatic carboxylic acids is 2. The lowest BCUT2D eigenvalue weighted by molar-refractivity contribution is -0.137. The van der Waals surface area contributed by atoms with Crippen LogP contribution in [0.4, 0.5) is 17.1 Å². The number of fused-ring (bicyclic) bond motifs is 2. The van der Waals surface area contributed by atoms with Gasteiger partial charge in [0.15, 0.2) is 5.78 Å². The molecule has 0 radical (unpaired) electrons. The van der Waals surface area contributed by atoms with Crippen LogP contribution in [0.15, 0.2) is 163 Å². The molecule has 5 aromatic carbocycles. The summed E-state index contributed by atoms with van der Waals surface area (Å²) in [5, 5.41) is 30.8. The van der Waals surface area contributed by atoms with Crippen molar-refractivity contribution in [3.8, 4) is 5.75 Å². The summed E-state index contributed by atoms with van der Waals surface area (Å²) >= 11 is 0. The second kappa shape index (κ2) is 22.4. The molecule has 3 N–H and O–H groups in total. The molecule has 2 aliphatic heterocycles. The van der Waals surface area contributed by atoms with Gasteiger partial charge in [0.05, 0.1) is 18.9 Å². The van der Waals surface area contributed by atoms with Crippen LogP contribution in [-0.4, -0.2) is 52.2 Å². The van der Waals surface area contributed by atoms with Gasteiger partial charge in [0.1, 0.15) is 5.75 Å². The number of carbonyl (C=O) groups excluding carboxylic acids is 1. The van der Waals surface area contributed by atoms with E-state index in [0.717, 1.165) is 56.1 Å². The summed E-state index contributed by atoms with van der Waals surface area (Å²) in [5.74, 6) is -1.44. The maximum atomic E-state index is 13.3. The number of phenolic OH excluding ortho intramolecular Hbond substituents is 1. The Morgan fingerprint density at radius 3 is 1.78 bits per heavy atom. The number of anilines is 3. The minimum Gasteiger partial charge on any atom is -0.507 e. The Morgan fingerprint density at radius 2 is 1.20 bits per heavy atom. The van der Waals surface area contributed by atoms with E-state index >= 15 is 0 Å². The Labute approximate surface area is 439 Å². The summed E-state index contributed by atoms with van der Waals surface area (Å²) in [6.07, 6.45) is 17.4. The number of hydrogen-bond donors (Lipinski definition) is 3. The summed E-state index contributed by atoms with van der Waals surface area (Å²) in [4.78, 5) is 44.1. The van der Waals surface area contributed by atoms with E-state index in [9.17, 15) is 29.7 Å². The number of allylic oxidation sites excluding steroid dienone is 8. The summed E-state index contributed by atoms with van der Waals surface area (Å²) < 4.78 is 0. The lowest BCUT2D eigenvalue weighted by Crippen LogP contribution is -2.41. The van der Waals surface area contributed by atoms with Crippen molar-refractivity contribution in [3.63, 3.8) is 0 Å². The number of carbonyl (C=O) groups is 3. The summed E-state index contributed by atoms with van der Waals surface area (Å²) in [5.41, 5.74) is 10.8. The summed E-state index contributed by atoms with van der Waals surface area (Å²) in [6, 6.07) is 37.4. The smallest absolute Gasteiger partial charge is 0.305 e. The van der Waals surface area contributed by atoms with E-state index in [-0.39, 0.29) is 41.9 Å². The van der Waals surface area contributed by atoms with E-state index < -0.39 is 22.8 Å². The molecule has 7 rings (SSSR count). The van der Waals surface area contributed by atoms with Gasteiger partial charge in [-0.3, -0.25) is 14.4 Å². The Bertz CT molecular complexity index is 2920. The molecule has 0 saturated carbocycles. The van der Waals surface area contributed by atoms with E-state index in [1.807, 2.05) is 60.7 Å². The highest BCUT2D eigenvalue weighted by Crippen LogP contribution is 2.50. The van der Waals surface area contributed by atoms with Crippen LogP contribution >= 0.6 is 0 Å². The third kappa shape index (κ3) is 12.7. The molecule has 9 nitrogen and oxygen atoms in total. The third-order valence-corrected chi connectivity index (χ3v) is 14.5. The van der Waals surface area contributed by atoms with Gasteiger partial charge >= 0.3 is 11.9 Å². The maximum Gasteiger partial charge on any atom is 0.305 e. The van der Waals surface area contributed by atoms with Crippen LogP contribution < -0.4 is 14.7 Å². The zero-order chi connectivity index (χ0) is 53.6. The van der Waals surface area contributed by atoms with Gasteiger partial charge in [0.25, 0.3) is 0 Å². The van der Waals surface area contributed by atoms with Crippen molar-refractivity contribution in [1.29, 1.82) is 0 Å². The molecule has 2 aliphatic rings. The first-order valence-corrected chi connectivity index (χ1v) is 25.8. The van der Waals surface area contributed by atoms with Crippen molar-refractivity contribution in [3.05, 3.63) is 208 Å². The molecule has 0 aliphatic carbocycles. The third-order valence-electron chi connectivity index (χ3n) is 14.5. The SMILES string of the molecule is CC(C)(C)c1cc(/C=C/C=C/C=C/C(=O)Cc2ccc3c(c2)C(C)(C)C(/C=C/C=C2/N(CCC(=O)O)c4ccc(N(Cc5ccccc5)Cc5ccccc5)cc4C2(C)C)N3CCC(=O)O)cc(C(C)(C)C)c1O. The van der Waals surface area contributed by atoms with Crippen LogP contribution in [0, 0.1) is 0 Å². The molecule has 1 unspecified atom stereocenters. The first kappa shape index (κ1) is 54.4. The molecule has 0 bridgehead atoms. The lowest BCUT2D eigenvalue weighted by atomic mass is 9.78. The molecule has 0 aromatic heterocycles. The predicted molar refractivity (Wildman–Crippen MR) is 303 cm³/mol. The standard InChI is InChI=1S/C65H75N3O6/c1-62(2,3)53-40-47(41-54(61(53)74)63(4,5)6)26-15-11-12-20-27-50(69)38-48-30-32-55-51(39-48)64(7,8)57(67(55)36-34-59(70)71)28-21-29-58-65(9,10)52-42-49(31-33-56(52)68(58)37-35-60(72)73)66(43-45-22-16-13-17-23-45)44-46-24-18-14-19-25-46/h11-33,39-42,57,74H,34-38,43-44H2,1-10H3,(H,70,71)(H,72,73)/b12-11+,26-15+,27-20+,28-21+,58-29+. The van der Waals surface area contributed by atoms with E-state index in [2.05, 4.69) is 175 Å². The first-order chi connectivity index (χ1) is 34.9. The average Bonchev–Trinajstić information content (AvgIpc) is 3.68. The van der Waals surface area contributed by atoms with Crippen LogP contribution in [0.1, 0.15) is 127 Å². The zero-order valence-corrected chi connectivity index (χ0v) is 45.0. The number of ketones is 1. The zero-order valence-electron chi connectivity index (χ0n) is 45.0. The fourth-order valence-electron chi connectivity index (χ4n) is 10.5.